The minimum Gasteiger partial charge on any atom is -0.193 e. The molecule has 0 spiro atoms. The number of nitrogens with zero attached hydrogens (tertiary/aromatic N) is 1. The van der Waals surface area contributed by atoms with E-state index in [-0.39, 0.29) is 0 Å². The van der Waals surface area contributed by atoms with Crippen LogP contribution >= 0.6 is 23.4 Å². The number of hydrogen-bond acceptors (Lipinski definition) is 2. The molecule has 0 amide bonds. The third-order valence-electron chi connectivity index (χ3n) is 3.84. The van der Waals surface area contributed by atoms with E-state index in [2.05, 4.69) is 54.6 Å². The summed E-state index contributed by atoms with van der Waals surface area (Å²) in [4.78, 5) is 2.47. The van der Waals surface area contributed by atoms with Gasteiger partial charge in [-0.2, -0.15) is 5.26 Å². The standard InChI is InChI=1S/C21H22ClNS/c22-16-6-2-3-8-18(9-7-17-23)19-12-14-21(15-13-19)24-20-10-4-1-5-11-20/h1,4-5,7,9-15,18H,2-3,6,8,16H2/b9-7+. The van der Waals surface area contributed by atoms with E-state index in [0.29, 0.717) is 5.92 Å². The first kappa shape index (κ1) is 18.6. The lowest BCUT2D eigenvalue weighted by molar-refractivity contribution is 0.630. The molecule has 0 aromatic heterocycles. The first-order valence-corrected chi connectivity index (χ1v) is 9.63. The molecular weight excluding hydrogens is 334 g/mol. The zero-order chi connectivity index (χ0) is 17.0. The SMILES string of the molecule is N#C/C=C/C(CCCCCCl)c1ccc(Sc2ccccc2)cc1. The van der Waals surface area contributed by atoms with E-state index in [9.17, 15) is 0 Å². The van der Waals surface area contributed by atoms with Gasteiger partial charge in [-0.1, -0.05) is 61.0 Å². The minimum atomic E-state index is 0.302. The number of halogens is 1. The summed E-state index contributed by atoms with van der Waals surface area (Å²) in [7, 11) is 0. The molecule has 0 aliphatic heterocycles. The van der Waals surface area contributed by atoms with E-state index in [4.69, 9.17) is 16.9 Å². The first-order chi connectivity index (χ1) is 11.8. The van der Waals surface area contributed by atoms with Crippen molar-refractivity contribution in [3.05, 3.63) is 72.3 Å². The topological polar surface area (TPSA) is 23.8 Å². The Morgan fingerprint density at radius 2 is 1.67 bits per heavy atom. The lowest BCUT2D eigenvalue weighted by Crippen LogP contribution is -1.96. The predicted octanol–water partition coefficient (Wildman–Crippen LogP) is 6.80. The molecular formula is C21H22ClNS. The summed E-state index contributed by atoms with van der Waals surface area (Å²) >= 11 is 7.51. The monoisotopic (exact) mass is 355 g/mol. The summed E-state index contributed by atoms with van der Waals surface area (Å²) in [5.74, 6) is 1.03. The van der Waals surface area contributed by atoms with Crippen molar-refractivity contribution in [1.29, 1.82) is 5.26 Å². The minimum absolute atomic E-state index is 0.302. The van der Waals surface area contributed by atoms with Crippen LogP contribution < -0.4 is 0 Å². The molecule has 3 heteroatoms. The van der Waals surface area contributed by atoms with Gasteiger partial charge in [-0.25, -0.2) is 0 Å². The van der Waals surface area contributed by atoms with Crippen LogP contribution in [0, 0.1) is 11.3 Å². The lowest BCUT2D eigenvalue weighted by Gasteiger charge is -2.13. The Bertz CT molecular complexity index is 658. The van der Waals surface area contributed by atoms with Gasteiger partial charge in [0.25, 0.3) is 0 Å². The Balaban J connectivity index is 2.01. The van der Waals surface area contributed by atoms with Crippen LogP contribution in [0.4, 0.5) is 0 Å². The first-order valence-electron chi connectivity index (χ1n) is 8.28. The van der Waals surface area contributed by atoms with E-state index in [0.717, 1.165) is 31.6 Å². The van der Waals surface area contributed by atoms with Gasteiger partial charge in [0.15, 0.2) is 0 Å². The molecule has 1 atom stereocenters. The summed E-state index contributed by atoms with van der Waals surface area (Å²) in [6.45, 7) is 0. The molecule has 124 valence electrons. The van der Waals surface area contributed by atoms with Gasteiger partial charge in [0.1, 0.15) is 0 Å². The van der Waals surface area contributed by atoms with Crippen molar-refractivity contribution in [3.63, 3.8) is 0 Å². The van der Waals surface area contributed by atoms with Gasteiger partial charge in [-0.3, -0.25) is 0 Å². The van der Waals surface area contributed by atoms with Gasteiger partial charge < -0.3 is 0 Å². The number of unbranched alkanes of at least 4 members (excludes halogenated alkanes) is 2. The van der Waals surface area contributed by atoms with E-state index < -0.39 is 0 Å². The highest BCUT2D eigenvalue weighted by Crippen LogP contribution is 2.30. The van der Waals surface area contributed by atoms with E-state index in [1.165, 1.54) is 15.4 Å². The maximum atomic E-state index is 8.82. The normalized spacial score (nSPS) is 12.2. The summed E-state index contributed by atoms with van der Waals surface area (Å²) in [6, 6.07) is 21.2. The molecule has 0 bridgehead atoms. The number of nitriles is 1. The lowest BCUT2D eigenvalue weighted by atomic mass is 9.93. The third kappa shape index (κ3) is 6.43. The Labute approximate surface area is 154 Å². The number of benzene rings is 2. The van der Waals surface area contributed by atoms with Crippen LogP contribution in [0.5, 0.6) is 0 Å². The summed E-state index contributed by atoms with van der Waals surface area (Å²) < 4.78 is 0. The molecule has 2 rings (SSSR count). The Hall–Kier alpha value is -1.69. The van der Waals surface area contributed by atoms with Crippen molar-refractivity contribution in [3.8, 4) is 6.07 Å². The van der Waals surface area contributed by atoms with Crippen molar-refractivity contribution in [2.75, 3.05) is 5.88 Å². The molecule has 0 heterocycles. The second-order valence-electron chi connectivity index (χ2n) is 5.62. The van der Waals surface area contributed by atoms with E-state index in [1.807, 2.05) is 12.1 Å². The van der Waals surface area contributed by atoms with Gasteiger partial charge in [-0.15, -0.1) is 11.6 Å². The maximum absolute atomic E-state index is 8.82. The fraction of sp³-hybridized carbons (Fsp3) is 0.286. The maximum Gasteiger partial charge on any atom is 0.0908 e. The Morgan fingerprint density at radius 3 is 2.33 bits per heavy atom. The summed E-state index contributed by atoms with van der Waals surface area (Å²) in [6.07, 6.45) is 8.00. The molecule has 0 aliphatic carbocycles. The van der Waals surface area contributed by atoms with Crippen LogP contribution in [0.3, 0.4) is 0 Å². The molecule has 1 unspecified atom stereocenters. The Kier molecular flexibility index (Phi) is 8.52. The van der Waals surface area contributed by atoms with Crippen molar-refractivity contribution >= 4 is 23.4 Å². The van der Waals surface area contributed by atoms with Crippen LogP contribution in [-0.2, 0) is 0 Å². The van der Waals surface area contributed by atoms with Crippen LogP contribution in [0.1, 0.15) is 37.2 Å². The highest BCUT2D eigenvalue weighted by atomic mass is 35.5. The number of alkyl halides is 1. The van der Waals surface area contributed by atoms with Crippen LogP contribution in [0.15, 0.2) is 76.5 Å². The van der Waals surface area contributed by atoms with Gasteiger partial charge in [-0.05, 0) is 42.7 Å². The number of rotatable bonds is 9. The number of allylic oxidation sites excluding steroid dienone is 2. The third-order valence-corrected chi connectivity index (χ3v) is 5.12. The summed E-state index contributed by atoms with van der Waals surface area (Å²) in [5.41, 5.74) is 1.27. The number of hydrogen-bond donors (Lipinski definition) is 0. The zero-order valence-electron chi connectivity index (χ0n) is 13.7. The molecule has 2 aromatic carbocycles. The van der Waals surface area contributed by atoms with Crippen LogP contribution in [0.25, 0.3) is 0 Å². The largest absolute Gasteiger partial charge is 0.193 e. The van der Waals surface area contributed by atoms with Crippen molar-refractivity contribution in [2.45, 2.75) is 41.4 Å². The molecule has 0 saturated carbocycles. The van der Waals surface area contributed by atoms with Crippen LogP contribution in [0.2, 0.25) is 0 Å². The van der Waals surface area contributed by atoms with Gasteiger partial charge >= 0.3 is 0 Å². The smallest absolute Gasteiger partial charge is 0.0908 e. The quantitative estimate of drug-likeness (QED) is 0.280. The molecule has 0 N–H and O–H groups in total. The molecule has 0 fully saturated rings. The molecule has 0 aliphatic rings. The summed E-state index contributed by atoms with van der Waals surface area (Å²) in [5, 5.41) is 8.82. The molecule has 24 heavy (non-hydrogen) atoms. The molecule has 2 aromatic rings. The van der Waals surface area contributed by atoms with E-state index in [1.54, 1.807) is 17.8 Å². The van der Waals surface area contributed by atoms with Gasteiger partial charge in [0.2, 0.25) is 0 Å². The average Bonchev–Trinajstić information content (AvgIpc) is 2.63. The average molecular weight is 356 g/mol. The zero-order valence-corrected chi connectivity index (χ0v) is 15.3. The Morgan fingerprint density at radius 1 is 0.958 bits per heavy atom. The van der Waals surface area contributed by atoms with Crippen molar-refractivity contribution < 1.29 is 0 Å². The van der Waals surface area contributed by atoms with E-state index >= 15 is 0 Å². The fourth-order valence-corrected chi connectivity index (χ4v) is 3.60. The molecule has 0 radical (unpaired) electrons. The second kappa shape index (κ2) is 11.0. The fourth-order valence-electron chi connectivity index (χ4n) is 2.58. The highest BCUT2D eigenvalue weighted by molar-refractivity contribution is 7.99. The van der Waals surface area contributed by atoms with Gasteiger partial charge in [0.05, 0.1) is 6.07 Å². The predicted molar refractivity (Wildman–Crippen MR) is 104 cm³/mol. The van der Waals surface area contributed by atoms with Crippen molar-refractivity contribution in [1.82, 2.24) is 0 Å². The van der Waals surface area contributed by atoms with Crippen molar-refractivity contribution in [2.24, 2.45) is 0 Å². The van der Waals surface area contributed by atoms with Crippen LogP contribution in [-0.4, -0.2) is 5.88 Å². The van der Waals surface area contributed by atoms with Gasteiger partial charge in [0, 0.05) is 27.7 Å². The molecule has 1 nitrogen and oxygen atoms in total. The second-order valence-corrected chi connectivity index (χ2v) is 7.14. The highest BCUT2D eigenvalue weighted by Gasteiger charge is 2.08. The molecule has 0 saturated heterocycles.